The number of unbranched alkanes of at least 4 members (excludes halogenated alkanes) is 2. The molecule has 4 N–H and O–H groups in total. The molecule has 0 aliphatic heterocycles. The lowest BCUT2D eigenvalue weighted by molar-refractivity contribution is -0.140. The molecule has 0 rings (SSSR count). The SMILES string of the molecule is CCCCCC(=O)O.CC[C@H](C)[C@H](N)C(=O)O. The third kappa shape index (κ3) is 12.8. The number of carboxylic acid groups (broad SMARTS) is 2. The number of carbonyl (C=O) groups is 2. The summed E-state index contributed by atoms with van der Waals surface area (Å²) in [6.45, 7) is 5.81. The molecule has 0 aromatic carbocycles. The van der Waals surface area contributed by atoms with Gasteiger partial charge in [0.2, 0.25) is 0 Å². The molecule has 0 heterocycles. The van der Waals surface area contributed by atoms with E-state index in [4.69, 9.17) is 15.9 Å². The first-order chi connectivity index (χ1) is 7.86. The van der Waals surface area contributed by atoms with E-state index in [-0.39, 0.29) is 5.92 Å². The summed E-state index contributed by atoms with van der Waals surface area (Å²) in [6, 6.07) is -0.699. The van der Waals surface area contributed by atoms with E-state index >= 15 is 0 Å². The molecule has 0 aliphatic carbocycles. The van der Waals surface area contributed by atoms with E-state index in [9.17, 15) is 9.59 Å². The summed E-state index contributed by atoms with van der Waals surface area (Å²) < 4.78 is 0. The van der Waals surface area contributed by atoms with Crippen molar-refractivity contribution in [3.63, 3.8) is 0 Å². The van der Waals surface area contributed by atoms with Crippen LogP contribution in [0.25, 0.3) is 0 Å². The fourth-order valence-corrected chi connectivity index (χ4v) is 1.02. The van der Waals surface area contributed by atoms with Crippen molar-refractivity contribution in [3.8, 4) is 0 Å². The Hall–Kier alpha value is -1.10. The maximum absolute atomic E-state index is 10.2. The Labute approximate surface area is 103 Å². The summed E-state index contributed by atoms with van der Waals surface area (Å²) in [7, 11) is 0. The number of hydrogen-bond acceptors (Lipinski definition) is 3. The molecular weight excluding hydrogens is 222 g/mol. The minimum atomic E-state index is -0.913. The molecule has 2 atom stereocenters. The third-order valence-electron chi connectivity index (χ3n) is 2.54. The quantitative estimate of drug-likeness (QED) is 0.598. The summed E-state index contributed by atoms with van der Waals surface area (Å²) in [5, 5.41) is 16.5. The zero-order valence-corrected chi connectivity index (χ0v) is 11.0. The highest BCUT2D eigenvalue weighted by Gasteiger charge is 2.17. The summed E-state index contributed by atoms with van der Waals surface area (Å²) in [5.74, 6) is -1.52. The second-order valence-electron chi connectivity index (χ2n) is 4.10. The largest absolute Gasteiger partial charge is 0.481 e. The molecule has 0 fully saturated rings. The predicted molar refractivity (Wildman–Crippen MR) is 66.8 cm³/mol. The highest BCUT2D eigenvalue weighted by atomic mass is 16.4. The lowest BCUT2D eigenvalue weighted by atomic mass is 10.0. The van der Waals surface area contributed by atoms with E-state index in [1.54, 1.807) is 0 Å². The molecule has 0 aromatic heterocycles. The summed E-state index contributed by atoms with van der Waals surface area (Å²) >= 11 is 0. The first-order valence-corrected chi connectivity index (χ1v) is 6.06. The van der Waals surface area contributed by atoms with Crippen LogP contribution >= 0.6 is 0 Å². The van der Waals surface area contributed by atoms with Gasteiger partial charge in [-0.3, -0.25) is 9.59 Å². The van der Waals surface area contributed by atoms with Gasteiger partial charge in [0.15, 0.2) is 0 Å². The van der Waals surface area contributed by atoms with Crippen LogP contribution in [0, 0.1) is 5.92 Å². The molecule has 0 aromatic rings. The van der Waals surface area contributed by atoms with E-state index in [0.29, 0.717) is 6.42 Å². The van der Waals surface area contributed by atoms with Gasteiger partial charge in [-0.2, -0.15) is 0 Å². The van der Waals surface area contributed by atoms with E-state index in [0.717, 1.165) is 25.7 Å². The molecule has 0 bridgehead atoms. The Morgan fingerprint density at radius 3 is 1.94 bits per heavy atom. The lowest BCUT2D eigenvalue weighted by Crippen LogP contribution is -2.36. The maximum Gasteiger partial charge on any atom is 0.320 e. The molecule has 0 saturated heterocycles. The van der Waals surface area contributed by atoms with E-state index in [2.05, 4.69) is 6.92 Å². The van der Waals surface area contributed by atoms with Crippen LogP contribution in [0.5, 0.6) is 0 Å². The zero-order chi connectivity index (χ0) is 13.8. The van der Waals surface area contributed by atoms with Crippen molar-refractivity contribution < 1.29 is 19.8 Å². The number of aliphatic carboxylic acids is 2. The molecule has 102 valence electrons. The van der Waals surface area contributed by atoms with Crippen molar-refractivity contribution in [1.82, 2.24) is 0 Å². The molecule has 0 aliphatic rings. The lowest BCUT2D eigenvalue weighted by Gasteiger charge is -2.11. The minimum absolute atomic E-state index is 0.0718. The van der Waals surface area contributed by atoms with Crippen molar-refractivity contribution in [1.29, 1.82) is 0 Å². The smallest absolute Gasteiger partial charge is 0.320 e. The van der Waals surface area contributed by atoms with E-state index in [1.165, 1.54) is 0 Å². The number of rotatable bonds is 7. The average molecular weight is 247 g/mol. The second-order valence-corrected chi connectivity index (χ2v) is 4.10. The molecular formula is C12H25NO4. The summed E-state index contributed by atoms with van der Waals surface area (Å²) in [5.41, 5.74) is 5.27. The molecule has 0 saturated carbocycles. The number of carboxylic acids is 2. The first kappa shape index (κ1) is 18.3. The summed E-state index contributed by atoms with van der Waals surface area (Å²) in [6.07, 6.45) is 4.09. The molecule has 17 heavy (non-hydrogen) atoms. The van der Waals surface area contributed by atoms with Crippen LogP contribution in [-0.2, 0) is 9.59 Å². The van der Waals surface area contributed by atoms with Crippen LogP contribution in [-0.4, -0.2) is 28.2 Å². The number of nitrogens with two attached hydrogens (primary N) is 1. The molecule has 0 unspecified atom stereocenters. The molecule has 5 heteroatoms. The zero-order valence-electron chi connectivity index (χ0n) is 11.0. The highest BCUT2D eigenvalue weighted by molar-refractivity contribution is 5.73. The van der Waals surface area contributed by atoms with Crippen LogP contribution in [0.1, 0.15) is 52.9 Å². The number of hydrogen-bond donors (Lipinski definition) is 3. The van der Waals surface area contributed by atoms with Gasteiger partial charge in [-0.15, -0.1) is 0 Å². The normalized spacial score (nSPS) is 13.2. The van der Waals surface area contributed by atoms with Gasteiger partial charge in [0, 0.05) is 6.42 Å². The van der Waals surface area contributed by atoms with Gasteiger partial charge in [0.05, 0.1) is 0 Å². The molecule has 0 radical (unpaired) electrons. The third-order valence-corrected chi connectivity index (χ3v) is 2.54. The maximum atomic E-state index is 10.2. The van der Waals surface area contributed by atoms with Gasteiger partial charge < -0.3 is 15.9 Å². The Morgan fingerprint density at radius 1 is 1.18 bits per heavy atom. The van der Waals surface area contributed by atoms with Crippen molar-refractivity contribution in [2.24, 2.45) is 11.7 Å². The Balaban J connectivity index is 0. The van der Waals surface area contributed by atoms with Crippen molar-refractivity contribution in [2.75, 3.05) is 0 Å². The van der Waals surface area contributed by atoms with Crippen molar-refractivity contribution in [2.45, 2.75) is 58.9 Å². The average Bonchev–Trinajstić information content (AvgIpc) is 2.27. The van der Waals surface area contributed by atoms with Gasteiger partial charge in [-0.05, 0) is 12.3 Å². The van der Waals surface area contributed by atoms with E-state index < -0.39 is 18.0 Å². The van der Waals surface area contributed by atoms with Gasteiger partial charge >= 0.3 is 11.9 Å². The van der Waals surface area contributed by atoms with Gasteiger partial charge in [-0.1, -0.05) is 40.0 Å². The van der Waals surface area contributed by atoms with Gasteiger partial charge in [0.1, 0.15) is 6.04 Å². The predicted octanol–water partition coefficient (Wildman–Crippen LogP) is 2.10. The minimum Gasteiger partial charge on any atom is -0.481 e. The highest BCUT2D eigenvalue weighted by Crippen LogP contribution is 2.04. The summed E-state index contributed by atoms with van der Waals surface area (Å²) in [4.78, 5) is 20.0. The topological polar surface area (TPSA) is 101 Å². The first-order valence-electron chi connectivity index (χ1n) is 6.06. The molecule has 5 nitrogen and oxygen atoms in total. The standard InChI is InChI=1S/C6H13NO2.C6H12O2/c1-3-4(2)5(7)6(8)9;1-2-3-4-5-6(7)8/h4-5H,3,7H2,1-2H3,(H,8,9);2-5H2,1H3,(H,7,8)/t4-,5-;/m0./s1. The second kappa shape index (κ2) is 11.4. The van der Waals surface area contributed by atoms with Gasteiger partial charge in [-0.25, -0.2) is 0 Å². The van der Waals surface area contributed by atoms with Crippen LogP contribution in [0.4, 0.5) is 0 Å². The van der Waals surface area contributed by atoms with Crippen LogP contribution in [0.15, 0.2) is 0 Å². The van der Waals surface area contributed by atoms with Crippen LogP contribution in [0.3, 0.4) is 0 Å². The van der Waals surface area contributed by atoms with Crippen LogP contribution in [0.2, 0.25) is 0 Å². The fraction of sp³-hybridized carbons (Fsp3) is 0.833. The fourth-order valence-electron chi connectivity index (χ4n) is 1.02. The Bertz CT molecular complexity index is 219. The molecule has 0 spiro atoms. The van der Waals surface area contributed by atoms with Crippen molar-refractivity contribution >= 4 is 11.9 Å². The van der Waals surface area contributed by atoms with Crippen LogP contribution < -0.4 is 5.73 Å². The van der Waals surface area contributed by atoms with Gasteiger partial charge in [0.25, 0.3) is 0 Å². The van der Waals surface area contributed by atoms with E-state index in [1.807, 2.05) is 13.8 Å². The molecule has 0 amide bonds. The van der Waals surface area contributed by atoms with Crippen molar-refractivity contribution in [3.05, 3.63) is 0 Å². The Morgan fingerprint density at radius 2 is 1.71 bits per heavy atom. The monoisotopic (exact) mass is 247 g/mol. The Kier molecular flexibility index (Phi) is 12.2.